The summed E-state index contributed by atoms with van der Waals surface area (Å²) in [6, 6.07) is 8.53. The number of hydrogen-bond acceptors (Lipinski definition) is 4. The average Bonchev–Trinajstić information content (AvgIpc) is 2.48. The van der Waals surface area contributed by atoms with Crippen LogP contribution in [0.5, 0.6) is 0 Å². The predicted molar refractivity (Wildman–Crippen MR) is 81.5 cm³/mol. The maximum atomic E-state index is 12.0. The third-order valence-corrected chi connectivity index (χ3v) is 4.17. The van der Waals surface area contributed by atoms with Crippen LogP contribution in [0, 0.1) is 0 Å². The van der Waals surface area contributed by atoms with Crippen LogP contribution in [0.3, 0.4) is 0 Å². The number of ether oxygens (including phenoxy) is 1. The fourth-order valence-electron chi connectivity index (χ4n) is 1.68. The number of benzene rings is 1. The van der Waals surface area contributed by atoms with Gasteiger partial charge in [0.1, 0.15) is 12.7 Å². The van der Waals surface area contributed by atoms with E-state index in [-0.39, 0.29) is 18.8 Å². The molecule has 0 radical (unpaired) electrons. The van der Waals surface area contributed by atoms with E-state index in [9.17, 15) is 26.4 Å². The number of amides is 1. The molecule has 0 bridgehead atoms. The van der Waals surface area contributed by atoms with Gasteiger partial charge in [-0.05, 0) is 12.5 Å². The maximum absolute atomic E-state index is 12.0. The summed E-state index contributed by atoms with van der Waals surface area (Å²) in [4.78, 5) is 11.5. The van der Waals surface area contributed by atoms with Gasteiger partial charge in [0.15, 0.2) is 0 Å². The highest BCUT2D eigenvalue weighted by molar-refractivity contribution is 7.88. The average molecular weight is 368 g/mol. The highest BCUT2D eigenvalue weighted by atomic mass is 32.2. The van der Waals surface area contributed by atoms with E-state index >= 15 is 0 Å². The lowest BCUT2D eigenvalue weighted by atomic mass is 10.2. The van der Waals surface area contributed by atoms with Crippen molar-refractivity contribution in [1.82, 2.24) is 10.0 Å². The van der Waals surface area contributed by atoms with E-state index in [0.29, 0.717) is 5.56 Å². The van der Waals surface area contributed by atoms with E-state index in [2.05, 4.69) is 14.8 Å². The van der Waals surface area contributed by atoms with Gasteiger partial charge >= 0.3 is 6.18 Å². The second-order valence-corrected chi connectivity index (χ2v) is 6.81. The maximum Gasteiger partial charge on any atom is 0.411 e. The number of hydrogen-bond donors (Lipinski definition) is 2. The summed E-state index contributed by atoms with van der Waals surface area (Å²) >= 11 is 0. The lowest BCUT2D eigenvalue weighted by Gasteiger charge is -2.15. The van der Waals surface area contributed by atoms with E-state index in [1.54, 1.807) is 30.3 Å². The number of alkyl halides is 3. The normalized spacial score (nSPS) is 13.5. The minimum absolute atomic E-state index is 0.0629. The summed E-state index contributed by atoms with van der Waals surface area (Å²) in [6.45, 7) is -0.481. The molecule has 10 heteroatoms. The highest BCUT2D eigenvalue weighted by Crippen LogP contribution is 2.15. The van der Waals surface area contributed by atoms with E-state index in [1.807, 2.05) is 0 Å². The summed E-state index contributed by atoms with van der Waals surface area (Å²) < 4.78 is 66.2. The molecule has 6 nitrogen and oxygen atoms in total. The van der Waals surface area contributed by atoms with Crippen molar-refractivity contribution in [2.24, 2.45) is 0 Å². The van der Waals surface area contributed by atoms with Gasteiger partial charge in [-0.2, -0.15) is 13.2 Å². The van der Waals surface area contributed by atoms with Gasteiger partial charge in [0.05, 0.1) is 5.75 Å². The molecule has 0 aromatic heterocycles. The summed E-state index contributed by atoms with van der Waals surface area (Å²) in [5, 5.41) is 2.30. The highest BCUT2D eigenvalue weighted by Gasteiger charge is 2.29. The number of rotatable bonds is 9. The Kier molecular flexibility index (Phi) is 7.64. The Balaban J connectivity index is 2.28. The van der Waals surface area contributed by atoms with Crippen LogP contribution in [0.1, 0.15) is 12.5 Å². The minimum atomic E-state index is -4.51. The number of nitrogens with one attached hydrogen (secondary N) is 2. The van der Waals surface area contributed by atoms with Crippen molar-refractivity contribution >= 4 is 15.9 Å². The van der Waals surface area contributed by atoms with Crippen LogP contribution in [-0.2, 0) is 25.3 Å². The lowest BCUT2D eigenvalue weighted by Crippen LogP contribution is -2.40. The van der Waals surface area contributed by atoms with Crippen molar-refractivity contribution in [2.45, 2.75) is 25.0 Å². The summed E-state index contributed by atoms with van der Waals surface area (Å²) in [5.74, 6) is -0.950. The molecule has 0 aliphatic heterocycles. The van der Waals surface area contributed by atoms with Crippen LogP contribution in [0.25, 0.3) is 0 Å². The first-order valence-corrected chi connectivity index (χ1v) is 8.71. The van der Waals surface area contributed by atoms with Crippen LogP contribution in [0.4, 0.5) is 13.2 Å². The van der Waals surface area contributed by atoms with Gasteiger partial charge in [-0.25, -0.2) is 13.1 Å². The predicted octanol–water partition coefficient (Wildman–Crippen LogP) is 1.19. The van der Waals surface area contributed by atoms with Crippen molar-refractivity contribution in [3.63, 3.8) is 0 Å². The molecule has 0 aliphatic carbocycles. The largest absolute Gasteiger partial charge is 0.411 e. The topological polar surface area (TPSA) is 84.5 Å². The monoisotopic (exact) mass is 368 g/mol. The molecule has 1 aromatic rings. The van der Waals surface area contributed by atoms with Crippen LogP contribution < -0.4 is 10.0 Å². The van der Waals surface area contributed by atoms with Gasteiger partial charge in [-0.3, -0.25) is 4.79 Å². The standard InChI is InChI=1S/C14H19F3N2O4S/c1-11(23-10-14(15,16)17)13(20)18-7-8-19-24(21,22)9-12-5-3-2-4-6-12/h2-6,11,19H,7-10H2,1H3,(H,18,20)/t11-/m1/s1. The Morgan fingerprint density at radius 3 is 2.42 bits per heavy atom. The molecule has 0 spiro atoms. The van der Waals surface area contributed by atoms with Gasteiger partial charge in [0.25, 0.3) is 0 Å². The Hall–Kier alpha value is -1.65. The fourth-order valence-corrected chi connectivity index (χ4v) is 2.82. The molecule has 1 aromatic carbocycles. The zero-order valence-corrected chi connectivity index (χ0v) is 13.8. The molecule has 0 unspecified atom stereocenters. The quantitative estimate of drug-likeness (QED) is 0.642. The first kappa shape index (κ1) is 20.4. The molecular formula is C14H19F3N2O4S. The number of carbonyl (C=O) groups excluding carboxylic acids is 1. The summed E-state index contributed by atoms with van der Waals surface area (Å²) in [7, 11) is -3.56. The van der Waals surface area contributed by atoms with Crippen LogP contribution in [0.2, 0.25) is 0 Å². The Bertz CT molecular complexity index is 621. The van der Waals surface area contributed by atoms with Crippen LogP contribution in [-0.4, -0.2) is 46.3 Å². The van der Waals surface area contributed by atoms with Gasteiger partial charge in [-0.15, -0.1) is 0 Å². The molecule has 1 atom stereocenters. The summed E-state index contributed by atoms with van der Waals surface area (Å²) in [6.07, 6.45) is -5.80. The molecule has 24 heavy (non-hydrogen) atoms. The zero-order chi connectivity index (χ0) is 18.2. The molecule has 0 saturated carbocycles. The third kappa shape index (κ3) is 8.85. The first-order chi connectivity index (χ1) is 11.1. The minimum Gasteiger partial charge on any atom is -0.359 e. The molecule has 1 rings (SSSR count). The Labute approximate surface area is 138 Å². The van der Waals surface area contributed by atoms with Crippen molar-refractivity contribution in [2.75, 3.05) is 19.7 Å². The smallest absolute Gasteiger partial charge is 0.359 e. The molecule has 2 N–H and O–H groups in total. The van der Waals surface area contributed by atoms with E-state index in [1.165, 1.54) is 6.92 Å². The fraction of sp³-hybridized carbons (Fsp3) is 0.500. The van der Waals surface area contributed by atoms with Crippen LogP contribution >= 0.6 is 0 Å². The van der Waals surface area contributed by atoms with Gasteiger partial charge in [0, 0.05) is 13.1 Å². The second kappa shape index (κ2) is 9.00. The van der Waals surface area contributed by atoms with Gasteiger partial charge < -0.3 is 10.1 Å². The van der Waals surface area contributed by atoms with E-state index < -0.39 is 34.8 Å². The van der Waals surface area contributed by atoms with Gasteiger partial charge in [0.2, 0.25) is 15.9 Å². The lowest BCUT2D eigenvalue weighted by molar-refractivity contribution is -0.185. The molecule has 136 valence electrons. The van der Waals surface area contributed by atoms with Crippen molar-refractivity contribution < 1.29 is 31.1 Å². The molecule has 0 heterocycles. The third-order valence-electron chi connectivity index (χ3n) is 2.81. The Morgan fingerprint density at radius 1 is 1.21 bits per heavy atom. The molecule has 0 fully saturated rings. The van der Waals surface area contributed by atoms with Crippen molar-refractivity contribution in [1.29, 1.82) is 0 Å². The SMILES string of the molecule is C[C@@H](OCC(F)(F)F)C(=O)NCCNS(=O)(=O)Cc1ccccc1. The number of carbonyl (C=O) groups is 1. The summed E-state index contributed by atoms with van der Waals surface area (Å²) in [5.41, 5.74) is 0.614. The Morgan fingerprint density at radius 2 is 1.83 bits per heavy atom. The molecular weight excluding hydrogens is 349 g/mol. The van der Waals surface area contributed by atoms with Gasteiger partial charge in [-0.1, -0.05) is 30.3 Å². The molecule has 1 amide bonds. The van der Waals surface area contributed by atoms with Crippen molar-refractivity contribution in [3.8, 4) is 0 Å². The van der Waals surface area contributed by atoms with E-state index in [0.717, 1.165) is 0 Å². The second-order valence-electron chi connectivity index (χ2n) is 5.00. The number of sulfonamides is 1. The van der Waals surface area contributed by atoms with Crippen LogP contribution in [0.15, 0.2) is 30.3 Å². The zero-order valence-electron chi connectivity index (χ0n) is 13.0. The molecule has 0 saturated heterocycles. The number of halogens is 3. The van der Waals surface area contributed by atoms with Crippen molar-refractivity contribution in [3.05, 3.63) is 35.9 Å². The van der Waals surface area contributed by atoms with E-state index in [4.69, 9.17) is 0 Å². The molecule has 0 aliphatic rings. The first-order valence-electron chi connectivity index (χ1n) is 7.06.